The summed E-state index contributed by atoms with van der Waals surface area (Å²) < 4.78 is 16.3. The van der Waals surface area contributed by atoms with Gasteiger partial charge in [0.2, 0.25) is 0 Å². The maximum Gasteiger partial charge on any atom is 0.500 e. The molecule has 1 aromatic carbocycles. The molecule has 120 valence electrons. The Kier molecular flexibility index (Phi) is 6.51. The van der Waals surface area contributed by atoms with Gasteiger partial charge < -0.3 is 13.3 Å². The number of aromatic nitrogens is 1. The smallest absolute Gasteiger partial charge is 0.377 e. The molecule has 0 saturated carbocycles. The molecule has 0 amide bonds. The third-order valence-corrected chi connectivity index (χ3v) is 6.92. The van der Waals surface area contributed by atoms with Crippen molar-refractivity contribution in [3.05, 3.63) is 42.2 Å². The van der Waals surface area contributed by atoms with Crippen LogP contribution in [0.25, 0.3) is 10.8 Å². The summed E-state index contributed by atoms with van der Waals surface area (Å²) in [6.45, 7) is 0. The topological polar surface area (TPSA) is 40.6 Å². The van der Waals surface area contributed by atoms with Gasteiger partial charge in [0.25, 0.3) is 0 Å². The number of fused-ring (bicyclic) bond motifs is 1. The van der Waals surface area contributed by atoms with Gasteiger partial charge in [-0.05, 0) is 30.7 Å². The van der Waals surface area contributed by atoms with Gasteiger partial charge in [-0.2, -0.15) is 0 Å². The molecule has 0 bridgehead atoms. The molecule has 0 aliphatic rings. The van der Waals surface area contributed by atoms with E-state index in [-0.39, 0.29) is 0 Å². The van der Waals surface area contributed by atoms with Crippen LogP contribution >= 0.6 is 0 Å². The van der Waals surface area contributed by atoms with Gasteiger partial charge in [-0.15, -0.1) is 0 Å². The molecule has 0 atom stereocenters. The van der Waals surface area contributed by atoms with Gasteiger partial charge in [0.05, 0.1) is 0 Å². The van der Waals surface area contributed by atoms with Gasteiger partial charge in [-0.3, -0.25) is 4.98 Å². The summed E-state index contributed by atoms with van der Waals surface area (Å²) in [6, 6.07) is 11.3. The molecule has 2 aromatic rings. The van der Waals surface area contributed by atoms with Crippen molar-refractivity contribution in [3.63, 3.8) is 0 Å². The summed E-state index contributed by atoms with van der Waals surface area (Å²) in [5.74, 6) is 0. The van der Waals surface area contributed by atoms with E-state index in [0.717, 1.165) is 31.7 Å². The summed E-state index contributed by atoms with van der Waals surface area (Å²) >= 11 is 0. The number of pyridine rings is 1. The second kappa shape index (κ2) is 8.38. The van der Waals surface area contributed by atoms with Crippen LogP contribution in [-0.2, 0) is 19.7 Å². The number of unbranched alkanes of at least 4 members (excludes halogenated alkanes) is 2. The van der Waals surface area contributed by atoms with Crippen LogP contribution in [-0.4, -0.2) is 35.1 Å². The lowest BCUT2D eigenvalue weighted by Crippen LogP contribution is -2.42. The second-order valence-electron chi connectivity index (χ2n) is 5.33. The Hall–Kier alpha value is -1.27. The first-order valence-electron chi connectivity index (χ1n) is 7.73. The fraction of sp³-hybridized carbons (Fsp3) is 0.471. The minimum atomic E-state index is -2.41. The number of benzene rings is 1. The molecule has 5 heteroatoms. The highest BCUT2D eigenvalue weighted by Crippen LogP contribution is 2.20. The van der Waals surface area contributed by atoms with Crippen LogP contribution < -0.4 is 0 Å². The zero-order chi connectivity index (χ0) is 15.8. The maximum absolute atomic E-state index is 5.44. The van der Waals surface area contributed by atoms with Gasteiger partial charge in [0.15, 0.2) is 0 Å². The molecule has 4 nitrogen and oxygen atoms in total. The van der Waals surface area contributed by atoms with E-state index in [0.29, 0.717) is 0 Å². The Labute approximate surface area is 133 Å². The molecular formula is C17H25NO3Si. The highest BCUT2D eigenvalue weighted by atomic mass is 28.4. The van der Waals surface area contributed by atoms with Crippen molar-refractivity contribution < 1.29 is 13.3 Å². The Morgan fingerprint density at radius 2 is 1.64 bits per heavy atom. The molecule has 0 aliphatic carbocycles. The van der Waals surface area contributed by atoms with Gasteiger partial charge >= 0.3 is 8.80 Å². The van der Waals surface area contributed by atoms with E-state index in [1.165, 1.54) is 16.5 Å². The highest BCUT2D eigenvalue weighted by Gasteiger charge is 2.36. The van der Waals surface area contributed by atoms with Crippen molar-refractivity contribution in [1.82, 2.24) is 4.98 Å². The molecule has 0 spiro atoms. The Balaban J connectivity index is 1.84. The van der Waals surface area contributed by atoms with Crippen molar-refractivity contribution in [2.75, 3.05) is 21.3 Å². The fourth-order valence-corrected chi connectivity index (χ4v) is 4.54. The number of rotatable bonds is 9. The lowest BCUT2D eigenvalue weighted by atomic mass is 10.1. The van der Waals surface area contributed by atoms with E-state index < -0.39 is 8.80 Å². The van der Waals surface area contributed by atoms with E-state index in [1.54, 1.807) is 21.3 Å². The lowest BCUT2D eigenvalue weighted by molar-refractivity contribution is 0.122. The number of nitrogens with zero attached hydrogens (tertiary/aromatic N) is 1. The van der Waals surface area contributed by atoms with Crippen molar-refractivity contribution in [2.45, 2.75) is 31.7 Å². The molecule has 0 saturated heterocycles. The molecule has 0 N–H and O–H groups in total. The third kappa shape index (κ3) is 4.13. The molecule has 0 aliphatic heterocycles. The second-order valence-corrected chi connectivity index (χ2v) is 8.43. The monoisotopic (exact) mass is 319 g/mol. The van der Waals surface area contributed by atoms with Crippen molar-refractivity contribution in [2.24, 2.45) is 0 Å². The molecule has 2 rings (SSSR count). The number of hydrogen-bond acceptors (Lipinski definition) is 4. The summed E-state index contributed by atoms with van der Waals surface area (Å²) in [6.07, 6.45) is 6.18. The molecule has 1 aromatic heterocycles. The first-order valence-corrected chi connectivity index (χ1v) is 9.66. The third-order valence-electron chi connectivity index (χ3n) is 4.09. The quantitative estimate of drug-likeness (QED) is 0.520. The van der Waals surface area contributed by atoms with Crippen LogP contribution in [0.4, 0.5) is 0 Å². The lowest BCUT2D eigenvalue weighted by Gasteiger charge is -2.24. The molecule has 0 unspecified atom stereocenters. The SMILES string of the molecule is CO[Si](CCCCCc1nccc2ccccc12)(OC)OC. The van der Waals surface area contributed by atoms with E-state index in [1.807, 2.05) is 6.20 Å². The minimum absolute atomic E-state index is 0.861. The van der Waals surface area contributed by atoms with E-state index in [2.05, 4.69) is 35.3 Å². The molecule has 1 heterocycles. The van der Waals surface area contributed by atoms with Gasteiger partial charge in [0.1, 0.15) is 0 Å². The number of aryl methyl sites for hydroxylation is 1. The predicted octanol–water partition coefficient (Wildman–Crippen LogP) is 3.83. The average Bonchev–Trinajstić information content (AvgIpc) is 2.59. The van der Waals surface area contributed by atoms with Crippen LogP contribution in [0.15, 0.2) is 36.5 Å². The summed E-state index contributed by atoms with van der Waals surface area (Å²) in [7, 11) is 2.59. The van der Waals surface area contributed by atoms with Crippen molar-refractivity contribution in [1.29, 1.82) is 0 Å². The Morgan fingerprint density at radius 1 is 0.909 bits per heavy atom. The van der Waals surface area contributed by atoms with E-state index in [9.17, 15) is 0 Å². The van der Waals surface area contributed by atoms with Crippen molar-refractivity contribution >= 4 is 19.6 Å². The molecular weight excluding hydrogens is 294 g/mol. The van der Waals surface area contributed by atoms with Crippen LogP contribution in [0.5, 0.6) is 0 Å². The first kappa shape index (κ1) is 17.1. The Bertz CT molecular complexity index is 573. The normalized spacial score (nSPS) is 12.0. The van der Waals surface area contributed by atoms with Gasteiger partial charge in [0, 0.05) is 44.7 Å². The standard InChI is InChI=1S/C17H25NO3Si/c1-19-22(20-2,21-3)14-8-4-5-11-17-16-10-7-6-9-15(16)12-13-18-17/h6-7,9-10,12-13H,4-5,8,11,14H2,1-3H3. The zero-order valence-corrected chi connectivity index (χ0v) is 14.7. The highest BCUT2D eigenvalue weighted by molar-refractivity contribution is 6.60. The number of hydrogen-bond donors (Lipinski definition) is 0. The molecule has 22 heavy (non-hydrogen) atoms. The molecule has 0 fully saturated rings. The Morgan fingerprint density at radius 3 is 2.36 bits per heavy atom. The summed E-state index contributed by atoms with van der Waals surface area (Å²) in [5.41, 5.74) is 1.19. The minimum Gasteiger partial charge on any atom is -0.377 e. The van der Waals surface area contributed by atoms with Crippen LogP contribution in [0.2, 0.25) is 6.04 Å². The largest absolute Gasteiger partial charge is 0.500 e. The van der Waals surface area contributed by atoms with Gasteiger partial charge in [-0.25, -0.2) is 0 Å². The first-order chi connectivity index (χ1) is 10.7. The maximum atomic E-state index is 5.44. The van der Waals surface area contributed by atoms with Gasteiger partial charge in [-0.1, -0.05) is 30.7 Å². The van der Waals surface area contributed by atoms with Crippen LogP contribution in [0.3, 0.4) is 0 Å². The summed E-state index contributed by atoms with van der Waals surface area (Å²) in [5, 5.41) is 2.52. The van der Waals surface area contributed by atoms with Crippen LogP contribution in [0.1, 0.15) is 25.0 Å². The molecule has 0 radical (unpaired) electrons. The van der Waals surface area contributed by atoms with Crippen LogP contribution in [0, 0.1) is 0 Å². The fourth-order valence-electron chi connectivity index (χ4n) is 2.75. The van der Waals surface area contributed by atoms with E-state index in [4.69, 9.17) is 13.3 Å². The van der Waals surface area contributed by atoms with Crippen molar-refractivity contribution in [3.8, 4) is 0 Å². The predicted molar refractivity (Wildman–Crippen MR) is 90.9 cm³/mol. The van der Waals surface area contributed by atoms with E-state index >= 15 is 0 Å². The zero-order valence-electron chi connectivity index (χ0n) is 13.7. The average molecular weight is 319 g/mol. The summed E-state index contributed by atoms with van der Waals surface area (Å²) in [4.78, 5) is 4.54.